The maximum absolute atomic E-state index is 12.2. The van der Waals surface area contributed by atoms with Crippen molar-refractivity contribution in [3.05, 3.63) is 17.2 Å². The quantitative estimate of drug-likeness (QED) is 0.776. The van der Waals surface area contributed by atoms with Crippen LogP contribution in [0.2, 0.25) is 5.02 Å². The Balaban J connectivity index is 2.31. The summed E-state index contributed by atoms with van der Waals surface area (Å²) < 4.78 is 15.4. The fraction of sp³-hybridized carbons (Fsp3) is 0.467. The van der Waals surface area contributed by atoms with Gasteiger partial charge in [-0.2, -0.15) is 0 Å². The van der Waals surface area contributed by atoms with E-state index in [0.29, 0.717) is 28.8 Å². The lowest BCUT2D eigenvalue weighted by Crippen LogP contribution is -2.27. The summed E-state index contributed by atoms with van der Waals surface area (Å²) in [7, 11) is 2.98. The number of halogens is 1. The van der Waals surface area contributed by atoms with Crippen LogP contribution in [0.1, 0.15) is 13.3 Å². The summed E-state index contributed by atoms with van der Waals surface area (Å²) in [4.78, 5) is 25.6. The Morgan fingerprint density at radius 2 is 2.00 bits per heavy atom. The third-order valence-corrected chi connectivity index (χ3v) is 3.78. The van der Waals surface area contributed by atoms with E-state index in [1.807, 2.05) is 0 Å². The molecule has 1 atom stereocenters. The second kappa shape index (κ2) is 6.87. The van der Waals surface area contributed by atoms with Crippen LogP contribution in [0.15, 0.2) is 12.1 Å². The Morgan fingerprint density at radius 3 is 2.59 bits per heavy atom. The first kappa shape index (κ1) is 16.4. The summed E-state index contributed by atoms with van der Waals surface area (Å²) in [5, 5.41) is 0.386. The molecule has 0 bridgehead atoms. The van der Waals surface area contributed by atoms with Gasteiger partial charge in [0, 0.05) is 25.1 Å². The summed E-state index contributed by atoms with van der Waals surface area (Å²) >= 11 is 6.06. The molecule has 0 radical (unpaired) electrons. The van der Waals surface area contributed by atoms with E-state index in [4.69, 9.17) is 25.8 Å². The molecule has 0 aliphatic carbocycles. The number of carbonyl (C=O) groups excluding carboxylic acids is 2. The monoisotopic (exact) mass is 327 g/mol. The zero-order chi connectivity index (χ0) is 16.3. The highest BCUT2D eigenvalue weighted by molar-refractivity contribution is 6.32. The Hall–Kier alpha value is -1.95. The van der Waals surface area contributed by atoms with Crippen LogP contribution < -0.4 is 14.4 Å². The molecule has 2 rings (SSSR count). The van der Waals surface area contributed by atoms with Gasteiger partial charge < -0.3 is 19.1 Å². The predicted octanol–water partition coefficient (Wildman–Crippen LogP) is 2.27. The van der Waals surface area contributed by atoms with Gasteiger partial charge in [-0.25, -0.2) is 0 Å². The average Bonchev–Trinajstić information content (AvgIpc) is 2.89. The highest BCUT2D eigenvalue weighted by Crippen LogP contribution is 2.40. The summed E-state index contributed by atoms with van der Waals surface area (Å²) in [5.74, 6) is -0.119. The van der Waals surface area contributed by atoms with Gasteiger partial charge in [-0.05, 0) is 6.92 Å². The second-order valence-corrected chi connectivity index (χ2v) is 5.22. The lowest BCUT2D eigenvalue weighted by atomic mass is 10.1. The van der Waals surface area contributed by atoms with Crippen molar-refractivity contribution in [2.75, 3.05) is 32.3 Å². The maximum Gasteiger partial charge on any atom is 0.311 e. The first-order valence-electron chi connectivity index (χ1n) is 6.90. The molecule has 1 amide bonds. The number of anilines is 1. The lowest BCUT2D eigenvalue weighted by Gasteiger charge is -2.20. The average molecular weight is 328 g/mol. The molecule has 120 valence electrons. The van der Waals surface area contributed by atoms with Crippen LogP contribution in [0.3, 0.4) is 0 Å². The van der Waals surface area contributed by atoms with E-state index in [1.165, 1.54) is 19.1 Å². The van der Waals surface area contributed by atoms with Crippen molar-refractivity contribution in [3.63, 3.8) is 0 Å². The van der Waals surface area contributed by atoms with Crippen LogP contribution in [-0.4, -0.2) is 39.2 Å². The minimum Gasteiger partial charge on any atom is -0.495 e. The topological polar surface area (TPSA) is 65.1 Å². The number of esters is 1. The van der Waals surface area contributed by atoms with Crippen LogP contribution >= 0.6 is 11.6 Å². The molecule has 1 aliphatic heterocycles. The lowest BCUT2D eigenvalue weighted by molar-refractivity contribution is -0.147. The van der Waals surface area contributed by atoms with Crippen molar-refractivity contribution >= 4 is 29.2 Å². The molecule has 1 aromatic rings. The number of ether oxygens (including phenoxy) is 3. The van der Waals surface area contributed by atoms with Gasteiger partial charge in [0.15, 0.2) is 0 Å². The normalized spacial score (nSPS) is 17.5. The summed E-state index contributed by atoms with van der Waals surface area (Å²) in [6.45, 7) is 2.28. The Morgan fingerprint density at radius 1 is 1.32 bits per heavy atom. The van der Waals surface area contributed by atoms with Gasteiger partial charge in [0.1, 0.15) is 11.5 Å². The smallest absolute Gasteiger partial charge is 0.311 e. The number of carbonyl (C=O) groups is 2. The molecule has 1 saturated heterocycles. The molecule has 0 spiro atoms. The first-order chi connectivity index (χ1) is 10.5. The van der Waals surface area contributed by atoms with E-state index < -0.39 is 5.92 Å². The molecule has 7 heteroatoms. The van der Waals surface area contributed by atoms with Crippen LogP contribution in [0.5, 0.6) is 11.5 Å². The van der Waals surface area contributed by atoms with Crippen LogP contribution in [0.4, 0.5) is 5.69 Å². The number of hydrogen-bond donors (Lipinski definition) is 0. The van der Waals surface area contributed by atoms with E-state index in [9.17, 15) is 9.59 Å². The number of rotatable bonds is 5. The third-order valence-electron chi connectivity index (χ3n) is 3.49. The Labute approximate surface area is 133 Å². The highest BCUT2D eigenvalue weighted by atomic mass is 35.5. The van der Waals surface area contributed by atoms with Crippen LogP contribution in [0, 0.1) is 5.92 Å². The van der Waals surface area contributed by atoms with E-state index in [2.05, 4.69) is 0 Å². The molecule has 1 aromatic carbocycles. The molecule has 6 nitrogen and oxygen atoms in total. The van der Waals surface area contributed by atoms with Crippen LogP contribution in [-0.2, 0) is 14.3 Å². The van der Waals surface area contributed by atoms with Gasteiger partial charge in [-0.15, -0.1) is 0 Å². The van der Waals surface area contributed by atoms with Gasteiger partial charge in [0.2, 0.25) is 5.91 Å². The van der Waals surface area contributed by atoms with Crippen molar-refractivity contribution < 1.29 is 23.8 Å². The Bertz CT molecular complexity index is 590. The minimum absolute atomic E-state index is 0.118. The number of nitrogens with zero attached hydrogens (tertiary/aromatic N) is 1. The summed E-state index contributed by atoms with van der Waals surface area (Å²) in [6, 6.07) is 3.22. The molecule has 22 heavy (non-hydrogen) atoms. The largest absolute Gasteiger partial charge is 0.495 e. The molecule has 0 N–H and O–H groups in total. The number of benzene rings is 1. The van der Waals surface area contributed by atoms with E-state index in [1.54, 1.807) is 19.1 Å². The SMILES string of the molecule is CCOC(=O)C1CC(=O)N(c2cc(OC)c(Cl)cc2OC)C1. The minimum atomic E-state index is -0.473. The van der Waals surface area contributed by atoms with E-state index >= 15 is 0 Å². The number of hydrogen-bond acceptors (Lipinski definition) is 5. The molecule has 1 aliphatic rings. The summed E-state index contributed by atoms with van der Waals surface area (Å²) in [6.07, 6.45) is 0.118. The van der Waals surface area contributed by atoms with Crippen molar-refractivity contribution in [3.8, 4) is 11.5 Å². The Kier molecular flexibility index (Phi) is 5.13. The van der Waals surface area contributed by atoms with Crippen molar-refractivity contribution in [2.45, 2.75) is 13.3 Å². The van der Waals surface area contributed by atoms with Gasteiger partial charge >= 0.3 is 5.97 Å². The van der Waals surface area contributed by atoms with E-state index in [-0.39, 0.29) is 24.8 Å². The first-order valence-corrected chi connectivity index (χ1v) is 7.28. The molecule has 1 unspecified atom stereocenters. The van der Waals surface area contributed by atoms with Gasteiger partial charge in [0.25, 0.3) is 0 Å². The number of methoxy groups -OCH3 is 2. The molecule has 0 aromatic heterocycles. The van der Waals surface area contributed by atoms with Gasteiger partial charge in [-0.1, -0.05) is 11.6 Å². The second-order valence-electron chi connectivity index (χ2n) is 4.82. The number of amides is 1. The molecular weight excluding hydrogens is 310 g/mol. The molecule has 1 fully saturated rings. The fourth-order valence-corrected chi connectivity index (χ4v) is 2.64. The van der Waals surface area contributed by atoms with Gasteiger partial charge in [0.05, 0.1) is 37.5 Å². The molecular formula is C15H18ClNO5. The summed E-state index contributed by atoms with van der Waals surface area (Å²) in [5.41, 5.74) is 0.528. The van der Waals surface area contributed by atoms with Crippen molar-refractivity contribution in [1.29, 1.82) is 0 Å². The fourth-order valence-electron chi connectivity index (χ4n) is 2.41. The highest BCUT2D eigenvalue weighted by Gasteiger charge is 2.37. The predicted molar refractivity (Wildman–Crippen MR) is 81.6 cm³/mol. The zero-order valence-corrected chi connectivity index (χ0v) is 13.5. The maximum atomic E-state index is 12.2. The standard InChI is InChI=1S/C15H18ClNO5/c1-4-22-15(19)9-5-14(18)17(8-9)11-7-12(20-2)10(16)6-13(11)21-3/h6-7,9H,4-5,8H2,1-3H3. The van der Waals surface area contributed by atoms with E-state index in [0.717, 1.165) is 0 Å². The van der Waals surface area contributed by atoms with Crippen LogP contribution in [0.25, 0.3) is 0 Å². The van der Waals surface area contributed by atoms with Gasteiger partial charge in [-0.3, -0.25) is 9.59 Å². The molecule has 1 heterocycles. The third kappa shape index (κ3) is 3.11. The zero-order valence-electron chi connectivity index (χ0n) is 12.7. The van der Waals surface area contributed by atoms with Crippen molar-refractivity contribution in [2.24, 2.45) is 5.92 Å². The van der Waals surface area contributed by atoms with Crippen molar-refractivity contribution in [1.82, 2.24) is 0 Å². The molecule has 0 saturated carbocycles.